The molecule has 2 fully saturated rings. The van der Waals surface area contributed by atoms with Gasteiger partial charge < -0.3 is 28.4 Å². The van der Waals surface area contributed by atoms with E-state index in [0.29, 0.717) is 24.7 Å². The molecule has 0 N–H and O–H groups in total. The minimum Gasteiger partial charge on any atom is -0.487 e. The zero-order valence-electron chi connectivity index (χ0n) is 23.4. The summed E-state index contributed by atoms with van der Waals surface area (Å²) >= 11 is 7.29. The Kier molecular flexibility index (Phi) is 13.0. The number of ether oxygens (including phenoxy) is 6. The predicted octanol–water partition coefficient (Wildman–Crippen LogP) is 5.76. The van der Waals surface area contributed by atoms with E-state index in [0.717, 1.165) is 23.0 Å². The van der Waals surface area contributed by atoms with Crippen LogP contribution in [-0.4, -0.2) is 82.1 Å². The fourth-order valence-corrected chi connectivity index (χ4v) is 8.52. The summed E-state index contributed by atoms with van der Waals surface area (Å²) in [6.07, 6.45) is 0. The second-order valence-corrected chi connectivity index (χ2v) is 15.5. The maximum Gasteiger partial charge on any atom is 0.335 e. The lowest BCUT2D eigenvalue weighted by Crippen LogP contribution is -2.42. The van der Waals surface area contributed by atoms with Crippen LogP contribution in [0.5, 0.6) is 11.5 Å². The van der Waals surface area contributed by atoms with Gasteiger partial charge in [-0.15, -0.1) is 47.0 Å². The van der Waals surface area contributed by atoms with Crippen LogP contribution in [0.4, 0.5) is 0 Å². The van der Waals surface area contributed by atoms with Crippen LogP contribution in [0.15, 0.2) is 48.6 Å². The number of thioether (sulfide) groups is 4. The monoisotopic (exact) mass is 630 g/mol. The van der Waals surface area contributed by atoms with Gasteiger partial charge in [-0.2, -0.15) is 0 Å². The van der Waals surface area contributed by atoms with Gasteiger partial charge in [0, 0.05) is 54.1 Å². The Hall–Kier alpha value is -1.44. The quantitative estimate of drug-likeness (QED) is 0.126. The third-order valence-electron chi connectivity index (χ3n) is 5.55. The smallest absolute Gasteiger partial charge is 0.335 e. The maximum absolute atomic E-state index is 12.3. The highest BCUT2D eigenvalue weighted by Gasteiger charge is 2.35. The SMILES string of the molecule is C=C(C)C(=O)OC(C)(COc1cccc(OCC(C)(OCC2SCCS2)OC(=O)C(=C)C)c1)OCC1SCCS1. The molecule has 0 aromatic heterocycles. The second-order valence-electron chi connectivity index (χ2n) is 9.62. The Morgan fingerprint density at radius 1 is 0.775 bits per heavy atom. The summed E-state index contributed by atoms with van der Waals surface area (Å²) in [4.78, 5) is 24.6. The predicted molar refractivity (Wildman–Crippen MR) is 165 cm³/mol. The molecule has 2 unspecified atom stereocenters. The lowest BCUT2D eigenvalue weighted by molar-refractivity contribution is -0.229. The van der Waals surface area contributed by atoms with Crippen LogP contribution < -0.4 is 9.47 Å². The van der Waals surface area contributed by atoms with Gasteiger partial charge in [0.15, 0.2) is 13.2 Å². The molecule has 3 rings (SSSR count). The highest BCUT2D eigenvalue weighted by Crippen LogP contribution is 2.34. The lowest BCUT2D eigenvalue weighted by atomic mass is 10.3. The van der Waals surface area contributed by atoms with Crippen molar-refractivity contribution < 1.29 is 38.0 Å². The molecule has 40 heavy (non-hydrogen) atoms. The first-order chi connectivity index (χ1) is 19.0. The normalized spacial score (nSPS) is 18.9. The molecule has 0 bridgehead atoms. The molecule has 1 aromatic rings. The molecule has 1 aromatic carbocycles. The molecule has 2 aliphatic heterocycles. The highest BCUT2D eigenvalue weighted by molar-refractivity contribution is 8.20. The molecule has 2 saturated heterocycles. The molecule has 0 radical (unpaired) electrons. The molecule has 2 aliphatic rings. The van der Waals surface area contributed by atoms with Crippen LogP contribution in [0, 0.1) is 0 Å². The van der Waals surface area contributed by atoms with Crippen LogP contribution in [0.1, 0.15) is 27.7 Å². The molecule has 0 aliphatic carbocycles. The first-order valence-electron chi connectivity index (χ1n) is 12.8. The summed E-state index contributed by atoms with van der Waals surface area (Å²) in [6, 6.07) is 7.01. The lowest BCUT2D eigenvalue weighted by Gasteiger charge is -2.31. The van der Waals surface area contributed by atoms with Gasteiger partial charge in [0.2, 0.25) is 11.6 Å². The van der Waals surface area contributed by atoms with Gasteiger partial charge in [0.1, 0.15) is 11.5 Å². The fraction of sp³-hybridized carbons (Fsp3) is 0.571. The van der Waals surface area contributed by atoms with E-state index in [1.165, 1.54) is 0 Å². The minimum absolute atomic E-state index is 0.0364. The minimum atomic E-state index is -1.31. The van der Waals surface area contributed by atoms with Crippen molar-refractivity contribution in [3.8, 4) is 11.5 Å². The second kappa shape index (κ2) is 15.7. The Morgan fingerprint density at radius 2 is 1.15 bits per heavy atom. The number of carbonyl (C=O) groups excluding carboxylic acids is 2. The third-order valence-corrected chi connectivity index (χ3v) is 11.5. The van der Waals surface area contributed by atoms with Crippen LogP contribution in [0.2, 0.25) is 0 Å². The van der Waals surface area contributed by atoms with Gasteiger partial charge in [-0.05, 0) is 26.0 Å². The van der Waals surface area contributed by atoms with E-state index >= 15 is 0 Å². The van der Waals surface area contributed by atoms with Gasteiger partial charge in [0.25, 0.3) is 0 Å². The summed E-state index contributed by atoms with van der Waals surface area (Å²) in [5.41, 5.74) is 0.551. The molecular weight excluding hydrogens is 593 g/mol. The Labute approximate surface area is 254 Å². The van der Waals surface area contributed by atoms with E-state index in [1.807, 2.05) is 47.0 Å². The first-order valence-corrected chi connectivity index (χ1v) is 17.0. The summed E-state index contributed by atoms with van der Waals surface area (Å²) in [5.74, 6) is 1.54. The van der Waals surface area contributed by atoms with Gasteiger partial charge in [-0.3, -0.25) is 0 Å². The summed E-state index contributed by atoms with van der Waals surface area (Å²) in [7, 11) is 0. The summed E-state index contributed by atoms with van der Waals surface area (Å²) in [6.45, 7) is 14.6. The Bertz CT molecular complexity index is 964. The zero-order valence-corrected chi connectivity index (χ0v) is 26.7. The molecule has 222 valence electrons. The fourth-order valence-electron chi connectivity index (χ4n) is 3.35. The van der Waals surface area contributed by atoms with Crippen molar-refractivity contribution in [2.45, 2.75) is 48.4 Å². The summed E-state index contributed by atoms with van der Waals surface area (Å²) in [5, 5.41) is 0. The van der Waals surface area contributed by atoms with Crippen molar-refractivity contribution in [2.24, 2.45) is 0 Å². The maximum atomic E-state index is 12.3. The van der Waals surface area contributed by atoms with Crippen molar-refractivity contribution in [2.75, 3.05) is 49.4 Å². The zero-order chi connectivity index (χ0) is 29.2. The van der Waals surface area contributed by atoms with E-state index < -0.39 is 23.5 Å². The third kappa shape index (κ3) is 11.1. The van der Waals surface area contributed by atoms with Crippen LogP contribution in [-0.2, 0) is 28.5 Å². The largest absolute Gasteiger partial charge is 0.487 e. The van der Waals surface area contributed by atoms with Crippen LogP contribution >= 0.6 is 47.0 Å². The van der Waals surface area contributed by atoms with E-state index in [2.05, 4.69) is 13.2 Å². The van der Waals surface area contributed by atoms with Gasteiger partial charge >= 0.3 is 11.9 Å². The van der Waals surface area contributed by atoms with Crippen molar-refractivity contribution in [1.82, 2.24) is 0 Å². The standard InChI is InChI=1S/C28H38O8S4/c1-19(2)25(29)35-27(5,33-15-23-37-10-11-38-23)17-31-21-8-7-9-22(14-21)32-18-28(6,36-26(30)20(3)4)34-16-24-39-12-13-40-24/h7-9,14,23-24H,1,3,10-13,15-18H2,2,4-6H3. The van der Waals surface area contributed by atoms with Crippen molar-refractivity contribution in [1.29, 1.82) is 0 Å². The number of rotatable bonds is 16. The molecule has 12 heteroatoms. The van der Waals surface area contributed by atoms with Crippen LogP contribution in [0.3, 0.4) is 0 Å². The molecule has 2 heterocycles. The van der Waals surface area contributed by atoms with Gasteiger partial charge in [-0.25, -0.2) is 9.59 Å². The van der Waals surface area contributed by atoms with Crippen molar-refractivity contribution in [3.05, 3.63) is 48.6 Å². The topological polar surface area (TPSA) is 89.5 Å². The number of hydrogen-bond acceptors (Lipinski definition) is 12. The van der Waals surface area contributed by atoms with Gasteiger partial charge in [0.05, 0.1) is 22.4 Å². The van der Waals surface area contributed by atoms with E-state index in [-0.39, 0.29) is 33.5 Å². The molecule has 0 spiro atoms. The number of hydrogen-bond donors (Lipinski definition) is 0. The Balaban J connectivity index is 1.62. The molecule has 8 nitrogen and oxygen atoms in total. The average molecular weight is 631 g/mol. The van der Waals surface area contributed by atoms with Crippen molar-refractivity contribution >= 4 is 59.0 Å². The van der Waals surface area contributed by atoms with Crippen molar-refractivity contribution in [3.63, 3.8) is 0 Å². The molecular formula is C28H38O8S4. The molecule has 0 amide bonds. The number of benzene rings is 1. The van der Waals surface area contributed by atoms with E-state index in [4.69, 9.17) is 28.4 Å². The van der Waals surface area contributed by atoms with Crippen LogP contribution in [0.25, 0.3) is 0 Å². The first kappa shape index (κ1) is 33.1. The van der Waals surface area contributed by atoms with Gasteiger partial charge in [-0.1, -0.05) is 19.2 Å². The Morgan fingerprint density at radius 3 is 1.50 bits per heavy atom. The summed E-state index contributed by atoms with van der Waals surface area (Å²) < 4.78 is 35.9. The molecule has 2 atom stereocenters. The van der Waals surface area contributed by atoms with E-state index in [9.17, 15) is 9.59 Å². The molecule has 0 saturated carbocycles. The number of esters is 2. The van der Waals surface area contributed by atoms with E-state index in [1.54, 1.807) is 52.0 Å². The average Bonchev–Trinajstić information content (AvgIpc) is 3.64. The highest BCUT2D eigenvalue weighted by atomic mass is 32.2. The number of carbonyl (C=O) groups is 2.